The van der Waals surface area contributed by atoms with Crippen molar-refractivity contribution < 1.29 is 17.6 Å². The molecule has 0 amide bonds. The van der Waals surface area contributed by atoms with E-state index in [0.717, 1.165) is 12.1 Å². The maximum atomic E-state index is 13.1. The highest BCUT2D eigenvalue weighted by Gasteiger charge is 2.31. The lowest BCUT2D eigenvalue weighted by molar-refractivity contribution is -0.137. The highest BCUT2D eigenvalue weighted by atomic mass is 19.4. The zero-order valence-corrected chi connectivity index (χ0v) is 11.2. The van der Waals surface area contributed by atoms with Crippen LogP contribution in [0.1, 0.15) is 18.1 Å². The minimum Gasteiger partial charge on any atom is -0.311 e. The number of nitrogens with one attached hydrogen (secondary N) is 1. The van der Waals surface area contributed by atoms with Crippen molar-refractivity contribution in [2.75, 3.05) is 20.6 Å². The number of halogens is 4. The average molecular weight is 278 g/mol. The van der Waals surface area contributed by atoms with Crippen LogP contribution in [0.3, 0.4) is 0 Å². The Balaban J connectivity index is 2.67. The molecule has 0 aliphatic rings. The van der Waals surface area contributed by atoms with Gasteiger partial charge in [0.15, 0.2) is 0 Å². The van der Waals surface area contributed by atoms with Crippen molar-refractivity contribution in [2.24, 2.45) is 0 Å². The van der Waals surface area contributed by atoms with Gasteiger partial charge in [-0.05, 0) is 44.8 Å². The third-order valence-corrected chi connectivity index (χ3v) is 2.94. The molecule has 1 aromatic rings. The molecule has 0 saturated heterocycles. The van der Waals surface area contributed by atoms with Crippen LogP contribution >= 0.6 is 0 Å². The zero-order chi connectivity index (χ0) is 14.6. The fraction of sp³-hybridized carbons (Fsp3) is 0.538. The van der Waals surface area contributed by atoms with Crippen molar-refractivity contribution in [1.82, 2.24) is 10.2 Å². The second kappa shape index (κ2) is 6.34. The van der Waals surface area contributed by atoms with Crippen molar-refractivity contribution in [1.29, 1.82) is 0 Å². The molecule has 0 aliphatic carbocycles. The maximum Gasteiger partial charge on any atom is 0.416 e. The lowest BCUT2D eigenvalue weighted by Crippen LogP contribution is -2.35. The Morgan fingerprint density at radius 3 is 2.37 bits per heavy atom. The molecule has 1 unspecified atom stereocenters. The number of hydrogen-bond acceptors (Lipinski definition) is 2. The van der Waals surface area contributed by atoms with Crippen LogP contribution in [-0.2, 0) is 12.7 Å². The maximum absolute atomic E-state index is 13.1. The summed E-state index contributed by atoms with van der Waals surface area (Å²) >= 11 is 0. The zero-order valence-electron chi connectivity index (χ0n) is 11.2. The predicted octanol–water partition coefficient (Wildman–Crippen LogP) is 2.88. The molecule has 2 nitrogen and oxygen atoms in total. The van der Waals surface area contributed by atoms with Crippen LogP contribution < -0.4 is 5.32 Å². The topological polar surface area (TPSA) is 15.3 Å². The van der Waals surface area contributed by atoms with Crippen LogP contribution in [0.2, 0.25) is 0 Å². The third-order valence-electron chi connectivity index (χ3n) is 2.94. The molecule has 108 valence electrons. The molecule has 0 fully saturated rings. The van der Waals surface area contributed by atoms with Gasteiger partial charge in [-0.25, -0.2) is 4.39 Å². The second-order valence-electron chi connectivity index (χ2n) is 4.79. The highest BCUT2D eigenvalue weighted by molar-refractivity contribution is 5.26. The van der Waals surface area contributed by atoms with E-state index in [4.69, 9.17) is 0 Å². The molecule has 1 N–H and O–H groups in total. The summed E-state index contributed by atoms with van der Waals surface area (Å²) in [6.45, 7) is 2.81. The molecule has 0 saturated carbocycles. The lowest BCUT2D eigenvalue weighted by atomic mass is 10.1. The van der Waals surface area contributed by atoms with Gasteiger partial charge >= 0.3 is 6.18 Å². The quantitative estimate of drug-likeness (QED) is 0.833. The SMILES string of the molecule is CC(CNCc1cc(F)cc(C(F)(F)F)c1)N(C)C. The summed E-state index contributed by atoms with van der Waals surface area (Å²) in [4.78, 5) is 1.99. The molecule has 0 radical (unpaired) electrons. The number of nitrogens with zero attached hydrogens (tertiary/aromatic N) is 1. The first-order valence-electron chi connectivity index (χ1n) is 5.94. The number of benzene rings is 1. The van der Waals surface area contributed by atoms with Gasteiger partial charge in [-0.15, -0.1) is 0 Å². The Labute approximate surface area is 110 Å². The molecule has 1 rings (SSSR count). The minimum atomic E-state index is -4.52. The molecular formula is C13H18F4N2. The van der Waals surface area contributed by atoms with Crippen molar-refractivity contribution in [3.63, 3.8) is 0 Å². The Morgan fingerprint density at radius 1 is 1.21 bits per heavy atom. The molecule has 1 atom stereocenters. The first kappa shape index (κ1) is 15.9. The fourth-order valence-corrected chi connectivity index (χ4v) is 1.52. The van der Waals surface area contributed by atoms with Crippen molar-refractivity contribution in [3.8, 4) is 0 Å². The molecule has 1 aromatic carbocycles. The van der Waals surface area contributed by atoms with Crippen molar-refractivity contribution in [3.05, 3.63) is 35.1 Å². The largest absolute Gasteiger partial charge is 0.416 e. The summed E-state index contributed by atoms with van der Waals surface area (Å²) in [7, 11) is 3.83. The van der Waals surface area contributed by atoms with Crippen LogP contribution in [0.5, 0.6) is 0 Å². The summed E-state index contributed by atoms with van der Waals surface area (Å²) in [5.74, 6) is -0.868. The predicted molar refractivity (Wildman–Crippen MR) is 66.3 cm³/mol. The van der Waals surface area contributed by atoms with E-state index >= 15 is 0 Å². The van der Waals surface area contributed by atoms with E-state index in [0.29, 0.717) is 18.2 Å². The summed E-state index contributed by atoms with van der Waals surface area (Å²) in [6.07, 6.45) is -4.52. The van der Waals surface area contributed by atoms with Crippen LogP contribution in [0.4, 0.5) is 17.6 Å². The summed E-state index contributed by atoms with van der Waals surface area (Å²) in [6, 6.07) is 2.83. The number of hydrogen-bond donors (Lipinski definition) is 1. The summed E-state index contributed by atoms with van der Waals surface area (Å²) in [5, 5.41) is 3.01. The third kappa shape index (κ3) is 5.16. The first-order chi connectivity index (χ1) is 8.70. The monoisotopic (exact) mass is 278 g/mol. The highest BCUT2D eigenvalue weighted by Crippen LogP contribution is 2.30. The van der Waals surface area contributed by atoms with Crippen LogP contribution in [0.25, 0.3) is 0 Å². The Hall–Kier alpha value is -1.14. The van der Waals surface area contributed by atoms with E-state index in [2.05, 4.69) is 5.32 Å². The fourth-order valence-electron chi connectivity index (χ4n) is 1.52. The average Bonchev–Trinajstić information content (AvgIpc) is 2.26. The Kier molecular flexibility index (Phi) is 5.31. The summed E-state index contributed by atoms with van der Waals surface area (Å²) in [5.41, 5.74) is -0.664. The molecule has 0 heterocycles. The van der Waals surface area contributed by atoms with Gasteiger partial charge in [0.2, 0.25) is 0 Å². The molecule has 0 aromatic heterocycles. The summed E-state index contributed by atoms with van der Waals surface area (Å²) < 4.78 is 50.7. The smallest absolute Gasteiger partial charge is 0.311 e. The first-order valence-corrected chi connectivity index (χ1v) is 5.94. The van der Waals surface area contributed by atoms with Gasteiger partial charge in [0.05, 0.1) is 5.56 Å². The van der Waals surface area contributed by atoms with E-state index in [-0.39, 0.29) is 12.6 Å². The van der Waals surface area contributed by atoms with Crippen molar-refractivity contribution >= 4 is 0 Å². The lowest BCUT2D eigenvalue weighted by Gasteiger charge is -2.20. The molecule has 0 bridgehead atoms. The van der Waals surface area contributed by atoms with Gasteiger partial charge in [-0.3, -0.25) is 0 Å². The van der Waals surface area contributed by atoms with E-state index in [9.17, 15) is 17.6 Å². The van der Waals surface area contributed by atoms with Crippen molar-refractivity contribution in [2.45, 2.75) is 25.7 Å². The van der Waals surface area contributed by atoms with Gasteiger partial charge in [0.25, 0.3) is 0 Å². The Morgan fingerprint density at radius 2 is 1.84 bits per heavy atom. The van der Waals surface area contributed by atoms with Crippen LogP contribution in [0, 0.1) is 5.82 Å². The number of alkyl halides is 3. The van der Waals surface area contributed by atoms with Gasteiger partial charge in [0, 0.05) is 19.1 Å². The van der Waals surface area contributed by atoms with Gasteiger partial charge in [-0.1, -0.05) is 0 Å². The van der Waals surface area contributed by atoms with Gasteiger partial charge < -0.3 is 10.2 Å². The number of likely N-dealkylation sites (N-methyl/N-ethyl adjacent to an activating group) is 1. The van der Waals surface area contributed by atoms with Gasteiger partial charge in [-0.2, -0.15) is 13.2 Å². The van der Waals surface area contributed by atoms with E-state index < -0.39 is 17.6 Å². The van der Waals surface area contributed by atoms with E-state index in [1.807, 2.05) is 25.9 Å². The minimum absolute atomic E-state index is 0.207. The molecule has 19 heavy (non-hydrogen) atoms. The standard InChI is InChI=1S/C13H18F4N2/c1-9(19(2)3)7-18-8-10-4-11(13(15,16)17)6-12(14)5-10/h4-6,9,18H,7-8H2,1-3H3. The molecular weight excluding hydrogens is 260 g/mol. The molecule has 0 spiro atoms. The van der Waals surface area contributed by atoms with Gasteiger partial charge in [0.1, 0.15) is 5.82 Å². The normalized spacial score (nSPS) is 13.9. The van der Waals surface area contributed by atoms with Crippen LogP contribution in [0.15, 0.2) is 18.2 Å². The van der Waals surface area contributed by atoms with Crippen LogP contribution in [-0.4, -0.2) is 31.6 Å². The second-order valence-corrected chi connectivity index (χ2v) is 4.79. The van der Waals surface area contributed by atoms with E-state index in [1.54, 1.807) is 0 Å². The Bertz CT molecular complexity index is 416. The molecule has 0 aliphatic heterocycles. The molecule has 6 heteroatoms. The van der Waals surface area contributed by atoms with E-state index in [1.165, 1.54) is 0 Å². The number of rotatable bonds is 5.